The second-order valence-corrected chi connectivity index (χ2v) is 2.32. The Hall–Kier alpha value is -1.58. The summed E-state index contributed by atoms with van der Waals surface area (Å²) < 4.78 is 4.80. The molecule has 1 heterocycles. The van der Waals surface area contributed by atoms with E-state index in [1.165, 1.54) is 13.3 Å². The lowest BCUT2D eigenvalue weighted by Gasteiger charge is -2.04. The summed E-state index contributed by atoms with van der Waals surface area (Å²) in [5.74, 6) is -0.861. The number of aromatic nitrogens is 1. The molecule has 0 aliphatic heterocycles. The van der Waals surface area contributed by atoms with Crippen molar-refractivity contribution < 1.29 is 14.6 Å². The number of rotatable bonds is 2. The first-order valence-electron chi connectivity index (χ1n) is 4.39. The fourth-order valence-electron chi connectivity index (χ4n) is 0.948. The molecule has 1 aromatic rings. The quantitative estimate of drug-likeness (QED) is 0.788. The minimum Gasteiger partial charge on any atom is -0.480 e. The van der Waals surface area contributed by atoms with Crippen molar-refractivity contribution in [1.82, 2.24) is 4.98 Å². The Morgan fingerprint density at radius 2 is 2.07 bits per heavy atom. The maximum Gasteiger partial charge on any atom is 0.341 e. The number of methoxy groups -OCH3 is 1. The summed E-state index contributed by atoms with van der Waals surface area (Å²) >= 11 is 0. The van der Waals surface area contributed by atoms with E-state index in [9.17, 15) is 4.79 Å². The van der Waals surface area contributed by atoms with Gasteiger partial charge in [-0.1, -0.05) is 13.8 Å². The summed E-state index contributed by atoms with van der Waals surface area (Å²) in [6.45, 7) is 5.70. The van der Waals surface area contributed by atoms with E-state index in [0.717, 1.165) is 0 Å². The average Bonchev–Trinajstić information content (AvgIpc) is 2.19. The van der Waals surface area contributed by atoms with E-state index in [0.29, 0.717) is 5.56 Å². The molecule has 0 radical (unpaired) electrons. The van der Waals surface area contributed by atoms with Gasteiger partial charge in [-0.3, -0.25) is 0 Å². The van der Waals surface area contributed by atoms with Gasteiger partial charge in [-0.2, -0.15) is 0 Å². The van der Waals surface area contributed by atoms with Gasteiger partial charge in [0.2, 0.25) is 5.88 Å². The summed E-state index contributed by atoms with van der Waals surface area (Å²) in [5.41, 5.74) is 0.773. The van der Waals surface area contributed by atoms with Crippen LogP contribution in [0.25, 0.3) is 0 Å². The van der Waals surface area contributed by atoms with Crippen LogP contribution in [0.4, 0.5) is 0 Å². The molecule has 0 bridgehead atoms. The van der Waals surface area contributed by atoms with Crippen molar-refractivity contribution in [3.8, 4) is 5.88 Å². The fraction of sp³-hybridized carbons (Fsp3) is 0.400. The number of carboxylic acids is 1. The minimum atomic E-state index is -1.02. The summed E-state index contributed by atoms with van der Waals surface area (Å²) in [6.07, 6.45) is 1.51. The Balaban J connectivity index is 0.000000791. The predicted octanol–water partition coefficient (Wildman–Crippen LogP) is 2.12. The highest BCUT2D eigenvalue weighted by atomic mass is 16.5. The summed E-state index contributed by atoms with van der Waals surface area (Å²) in [6, 6.07) is 1.63. The fourth-order valence-corrected chi connectivity index (χ4v) is 0.948. The van der Waals surface area contributed by atoms with Crippen molar-refractivity contribution in [2.24, 2.45) is 0 Å². The van der Waals surface area contributed by atoms with Gasteiger partial charge < -0.3 is 9.84 Å². The smallest absolute Gasteiger partial charge is 0.341 e. The Morgan fingerprint density at radius 1 is 1.50 bits per heavy atom. The lowest BCUT2D eigenvalue weighted by Crippen LogP contribution is -2.04. The lowest BCUT2D eigenvalue weighted by atomic mass is 10.1. The summed E-state index contributed by atoms with van der Waals surface area (Å²) in [5, 5.41) is 8.76. The van der Waals surface area contributed by atoms with Gasteiger partial charge in [0.1, 0.15) is 5.56 Å². The van der Waals surface area contributed by atoms with Crippen molar-refractivity contribution in [1.29, 1.82) is 0 Å². The summed E-state index contributed by atoms with van der Waals surface area (Å²) in [7, 11) is 1.40. The van der Waals surface area contributed by atoms with E-state index in [1.54, 1.807) is 13.0 Å². The normalized spacial score (nSPS) is 8.57. The van der Waals surface area contributed by atoms with Crippen LogP contribution in [0.15, 0.2) is 12.3 Å². The number of hydrogen-bond acceptors (Lipinski definition) is 3. The van der Waals surface area contributed by atoms with Crippen molar-refractivity contribution >= 4 is 5.97 Å². The lowest BCUT2D eigenvalue weighted by molar-refractivity contribution is 0.0691. The third kappa shape index (κ3) is 2.73. The molecule has 0 aliphatic carbocycles. The first-order chi connectivity index (χ1) is 6.66. The molecule has 78 valence electrons. The number of pyridine rings is 1. The highest BCUT2D eigenvalue weighted by molar-refractivity contribution is 5.91. The zero-order valence-corrected chi connectivity index (χ0v) is 8.87. The van der Waals surface area contributed by atoms with E-state index in [1.807, 2.05) is 13.8 Å². The number of nitrogens with zero attached hydrogens (tertiary/aromatic N) is 1. The molecule has 1 N–H and O–H groups in total. The van der Waals surface area contributed by atoms with Gasteiger partial charge in [0, 0.05) is 6.20 Å². The molecule has 0 unspecified atom stereocenters. The third-order valence-corrected chi connectivity index (χ3v) is 1.53. The third-order valence-electron chi connectivity index (χ3n) is 1.53. The minimum absolute atomic E-state index is 0.125. The Labute approximate surface area is 83.6 Å². The SMILES string of the molecule is CC.COc1nccc(C)c1C(=O)O. The van der Waals surface area contributed by atoms with Crippen LogP contribution in [0.2, 0.25) is 0 Å². The zero-order valence-electron chi connectivity index (χ0n) is 8.87. The first-order valence-corrected chi connectivity index (χ1v) is 4.39. The number of carbonyl (C=O) groups is 1. The largest absolute Gasteiger partial charge is 0.480 e. The standard InChI is InChI=1S/C8H9NO3.C2H6/c1-5-3-4-9-7(12-2)6(5)8(10)11;1-2/h3-4H,1-2H3,(H,10,11);1-2H3. The van der Waals surface area contributed by atoms with Gasteiger partial charge in [0.25, 0.3) is 0 Å². The number of aryl methyl sites for hydroxylation is 1. The van der Waals surface area contributed by atoms with Crippen molar-refractivity contribution in [3.63, 3.8) is 0 Å². The van der Waals surface area contributed by atoms with Gasteiger partial charge in [0.15, 0.2) is 0 Å². The van der Waals surface area contributed by atoms with E-state index >= 15 is 0 Å². The Kier molecular flexibility index (Phi) is 5.29. The molecular weight excluding hydrogens is 182 g/mol. The van der Waals surface area contributed by atoms with Crippen molar-refractivity contribution in [3.05, 3.63) is 23.4 Å². The highest BCUT2D eigenvalue weighted by Gasteiger charge is 2.14. The molecule has 4 heteroatoms. The molecular formula is C10H15NO3. The molecule has 0 atom stereocenters. The van der Waals surface area contributed by atoms with Crippen LogP contribution in [-0.2, 0) is 0 Å². The van der Waals surface area contributed by atoms with Crippen LogP contribution in [0, 0.1) is 6.92 Å². The molecule has 0 amide bonds. The Bertz CT molecular complexity index is 310. The van der Waals surface area contributed by atoms with Crippen LogP contribution in [0.1, 0.15) is 29.8 Å². The molecule has 0 aliphatic rings. The van der Waals surface area contributed by atoms with E-state index < -0.39 is 5.97 Å². The predicted molar refractivity (Wildman–Crippen MR) is 53.8 cm³/mol. The van der Waals surface area contributed by atoms with E-state index in [2.05, 4.69) is 4.98 Å². The molecule has 4 nitrogen and oxygen atoms in total. The van der Waals surface area contributed by atoms with Crippen LogP contribution in [0.3, 0.4) is 0 Å². The van der Waals surface area contributed by atoms with Crippen molar-refractivity contribution in [2.75, 3.05) is 7.11 Å². The van der Waals surface area contributed by atoms with Gasteiger partial charge in [-0.05, 0) is 18.6 Å². The number of carboxylic acid groups (broad SMARTS) is 1. The van der Waals surface area contributed by atoms with E-state index in [4.69, 9.17) is 9.84 Å². The van der Waals surface area contributed by atoms with Crippen LogP contribution in [-0.4, -0.2) is 23.2 Å². The number of hydrogen-bond donors (Lipinski definition) is 1. The maximum atomic E-state index is 10.7. The van der Waals surface area contributed by atoms with Gasteiger partial charge in [0.05, 0.1) is 7.11 Å². The van der Waals surface area contributed by atoms with Crippen LogP contribution >= 0.6 is 0 Å². The molecule has 0 aromatic carbocycles. The second kappa shape index (κ2) is 5.96. The Morgan fingerprint density at radius 3 is 2.43 bits per heavy atom. The highest BCUT2D eigenvalue weighted by Crippen LogP contribution is 2.17. The molecule has 14 heavy (non-hydrogen) atoms. The molecule has 0 saturated heterocycles. The molecule has 1 aromatic heterocycles. The van der Waals surface area contributed by atoms with Gasteiger partial charge in [-0.25, -0.2) is 9.78 Å². The molecule has 1 rings (SSSR count). The number of aromatic carboxylic acids is 1. The monoisotopic (exact) mass is 197 g/mol. The number of ether oxygens (including phenoxy) is 1. The van der Waals surface area contributed by atoms with Gasteiger partial charge in [-0.15, -0.1) is 0 Å². The average molecular weight is 197 g/mol. The molecule has 0 fully saturated rings. The van der Waals surface area contributed by atoms with Crippen molar-refractivity contribution in [2.45, 2.75) is 20.8 Å². The second-order valence-electron chi connectivity index (χ2n) is 2.32. The van der Waals surface area contributed by atoms with Crippen LogP contribution in [0.5, 0.6) is 5.88 Å². The van der Waals surface area contributed by atoms with Gasteiger partial charge >= 0.3 is 5.97 Å². The maximum absolute atomic E-state index is 10.7. The first kappa shape index (κ1) is 12.4. The topological polar surface area (TPSA) is 59.4 Å². The summed E-state index contributed by atoms with van der Waals surface area (Å²) in [4.78, 5) is 14.5. The van der Waals surface area contributed by atoms with Crippen LogP contribution < -0.4 is 4.74 Å². The molecule has 0 spiro atoms. The molecule has 0 saturated carbocycles. The van der Waals surface area contributed by atoms with E-state index in [-0.39, 0.29) is 11.4 Å². The zero-order chi connectivity index (χ0) is 11.1.